The molecule has 1 fully saturated rings. The van der Waals surface area contributed by atoms with E-state index >= 15 is 0 Å². The highest BCUT2D eigenvalue weighted by Crippen LogP contribution is 2.20. The zero-order valence-electron chi connectivity index (χ0n) is 12.4. The number of hydrogen-bond acceptors (Lipinski definition) is 2. The number of nitrogens with zero attached hydrogens (tertiary/aromatic N) is 1. The lowest BCUT2D eigenvalue weighted by Crippen LogP contribution is -2.42. The van der Waals surface area contributed by atoms with E-state index in [0.29, 0.717) is 5.92 Å². The van der Waals surface area contributed by atoms with Crippen LogP contribution in [0.3, 0.4) is 0 Å². The Bertz CT molecular complexity index is 342. The standard InChI is InChI=1S/C17H28N2/c1-3-18-17-10-13-19(14-11-17)12-9-15(2)16-7-5-4-6-8-16/h4-8,15,17-18H,3,9-14H2,1-2H3. The molecule has 1 aliphatic rings. The van der Waals surface area contributed by atoms with E-state index < -0.39 is 0 Å². The maximum absolute atomic E-state index is 3.57. The number of rotatable bonds is 6. The van der Waals surface area contributed by atoms with Crippen molar-refractivity contribution in [3.05, 3.63) is 35.9 Å². The Morgan fingerprint density at radius 3 is 2.53 bits per heavy atom. The van der Waals surface area contributed by atoms with E-state index in [-0.39, 0.29) is 0 Å². The van der Waals surface area contributed by atoms with E-state index in [1.54, 1.807) is 0 Å². The second kappa shape index (κ2) is 7.66. The lowest BCUT2D eigenvalue weighted by Gasteiger charge is -2.32. The van der Waals surface area contributed by atoms with Gasteiger partial charge >= 0.3 is 0 Å². The van der Waals surface area contributed by atoms with Gasteiger partial charge in [-0.2, -0.15) is 0 Å². The first-order chi connectivity index (χ1) is 9.29. The molecule has 1 aliphatic heterocycles. The van der Waals surface area contributed by atoms with Crippen molar-refractivity contribution < 1.29 is 0 Å². The van der Waals surface area contributed by atoms with Crippen molar-refractivity contribution in [1.29, 1.82) is 0 Å². The highest BCUT2D eigenvalue weighted by atomic mass is 15.1. The maximum atomic E-state index is 3.57. The fraction of sp³-hybridized carbons (Fsp3) is 0.647. The SMILES string of the molecule is CCNC1CCN(CCC(C)c2ccccc2)CC1. The fourth-order valence-corrected chi connectivity index (χ4v) is 2.97. The van der Waals surface area contributed by atoms with Gasteiger partial charge in [0.1, 0.15) is 0 Å². The molecular formula is C17H28N2. The van der Waals surface area contributed by atoms with E-state index in [9.17, 15) is 0 Å². The molecule has 0 amide bonds. The lowest BCUT2D eigenvalue weighted by molar-refractivity contribution is 0.194. The van der Waals surface area contributed by atoms with Crippen molar-refractivity contribution in [2.24, 2.45) is 0 Å². The summed E-state index contributed by atoms with van der Waals surface area (Å²) in [5.74, 6) is 0.674. The van der Waals surface area contributed by atoms with Gasteiger partial charge in [-0.25, -0.2) is 0 Å². The van der Waals surface area contributed by atoms with Gasteiger partial charge in [0.05, 0.1) is 0 Å². The number of piperidine rings is 1. The summed E-state index contributed by atoms with van der Waals surface area (Å²) < 4.78 is 0. The van der Waals surface area contributed by atoms with Gasteiger partial charge in [0, 0.05) is 6.04 Å². The predicted octanol–water partition coefficient (Wildman–Crippen LogP) is 3.25. The van der Waals surface area contributed by atoms with Crippen LogP contribution in [0.4, 0.5) is 0 Å². The fourth-order valence-electron chi connectivity index (χ4n) is 2.97. The normalized spacial score (nSPS) is 19.5. The average Bonchev–Trinajstić information content (AvgIpc) is 2.47. The third kappa shape index (κ3) is 4.63. The molecule has 1 atom stereocenters. The highest BCUT2D eigenvalue weighted by molar-refractivity contribution is 5.18. The second-order valence-corrected chi connectivity index (χ2v) is 5.77. The van der Waals surface area contributed by atoms with Gasteiger partial charge in [-0.15, -0.1) is 0 Å². The van der Waals surface area contributed by atoms with E-state index in [2.05, 4.69) is 54.4 Å². The molecule has 2 heteroatoms. The zero-order valence-corrected chi connectivity index (χ0v) is 12.4. The predicted molar refractivity (Wildman–Crippen MR) is 82.6 cm³/mol. The number of benzene rings is 1. The molecule has 1 aromatic rings. The van der Waals surface area contributed by atoms with Crippen LogP contribution in [0.2, 0.25) is 0 Å². The summed E-state index contributed by atoms with van der Waals surface area (Å²) in [4.78, 5) is 2.63. The summed E-state index contributed by atoms with van der Waals surface area (Å²) in [7, 11) is 0. The van der Waals surface area contributed by atoms with Crippen molar-refractivity contribution in [3.63, 3.8) is 0 Å². The van der Waals surface area contributed by atoms with Crippen LogP contribution in [0, 0.1) is 0 Å². The quantitative estimate of drug-likeness (QED) is 0.844. The van der Waals surface area contributed by atoms with Gasteiger partial charge in [-0.3, -0.25) is 0 Å². The molecule has 1 N–H and O–H groups in total. The van der Waals surface area contributed by atoms with E-state index in [4.69, 9.17) is 0 Å². The first-order valence-electron chi connectivity index (χ1n) is 7.80. The molecule has 1 heterocycles. The maximum Gasteiger partial charge on any atom is 0.00912 e. The zero-order chi connectivity index (χ0) is 13.5. The van der Waals surface area contributed by atoms with Crippen molar-refractivity contribution in [3.8, 4) is 0 Å². The van der Waals surface area contributed by atoms with E-state index in [1.165, 1.54) is 44.5 Å². The Hall–Kier alpha value is -0.860. The first-order valence-corrected chi connectivity index (χ1v) is 7.80. The number of nitrogens with one attached hydrogen (secondary N) is 1. The summed E-state index contributed by atoms with van der Waals surface area (Å²) in [6, 6.07) is 11.7. The number of likely N-dealkylation sites (tertiary alicyclic amines) is 1. The summed E-state index contributed by atoms with van der Waals surface area (Å²) in [6.07, 6.45) is 3.90. The summed E-state index contributed by atoms with van der Waals surface area (Å²) in [5.41, 5.74) is 1.48. The molecule has 0 aliphatic carbocycles. The molecule has 0 saturated carbocycles. The van der Waals surface area contributed by atoms with Crippen LogP contribution in [0.5, 0.6) is 0 Å². The van der Waals surface area contributed by atoms with Crippen molar-refractivity contribution in [2.75, 3.05) is 26.2 Å². The van der Waals surface area contributed by atoms with Gasteiger partial charge in [-0.1, -0.05) is 44.2 Å². The third-order valence-electron chi connectivity index (χ3n) is 4.33. The van der Waals surface area contributed by atoms with Gasteiger partial charge in [0.25, 0.3) is 0 Å². The molecule has 19 heavy (non-hydrogen) atoms. The van der Waals surface area contributed by atoms with Crippen LogP contribution in [0.25, 0.3) is 0 Å². The molecule has 2 rings (SSSR count). The Morgan fingerprint density at radius 2 is 1.89 bits per heavy atom. The minimum Gasteiger partial charge on any atom is -0.314 e. The summed E-state index contributed by atoms with van der Waals surface area (Å²) in [5, 5.41) is 3.57. The molecule has 0 spiro atoms. The second-order valence-electron chi connectivity index (χ2n) is 5.77. The monoisotopic (exact) mass is 260 g/mol. The van der Waals surface area contributed by atoms with Gasteiger partial charge in [0.2, 0.25) is 0 Å². The minimum atomic E-state index is 0.674. The molecule has 1 aromatic carbocycles. The Kier molecular flexibility index (Phi) is 5.87. The largest absolute Gasteiger partial charge is 0.314 e. The smallest absolute Gasteiger partial charge is 0.00912 e. The Balaban J connectivity index is 1.69. The highest BCUT2D eigenvalue weighted by Gasteiger charge is 2.18. The first kappa shape index (κ1) is 14.5. The third-order valence-corrected chi connectivity index (χ3v) is 4.33. The molecule has 2 nitrogen and oxygen atoms in total. The van der Waals surface area contributed by atoms with Gasteiger partial charge in [-0.05, 0) is 56.9 Å². The molecule has 1 unspecified atom stereocenters. The van der Waals surface area contributed by atoms with Gasteiger partial charge < -0.3 is 10.2 Å². The average molecular weight is 260 g/mol. The van der Waals surface area contributed by atoms with Crippen LogP contribution in [0.15, 0.2) is 30.3 Å². The topological polar surface area (TPSA) is 15.3 Å². The van der Waals surface area contributed by atoms with E-state index in [1.807, 2.05) is 0 Å². The molecule has 1 saturated heterocycles. The summed E-state index contributed by atoms with van der Waals surface area (Å²) in [6.45, 7) is 9.43. The van der Waals surface area contributed by atoms with Crippen LogP contribution in [-0.2, 0) is 0 Å². The van der Waals surface area contributed by atoms with Crippen LogP contribution >= 0.6 is 0 Å². The Morgan fingerprint density at radius 1 is 1.21 bits per heavy atom. The molecule has 0 bridgehead atoms. The van der Waals surface area contributed by atoms with E-state index in [0.717, 1.165) is 12.6 Å². The van der Waals surface area contributed by atoms with Crippen LogP contribution in [-0.4, -0.2) is 37.1 Å². The number of hydrogen-bond donors (Lipinski definition) is 1. The minimum absolute atomic E-state index is 0.674. The van der Waals surface area contributed by atoms with Crippen molar-refractivity contribution >= 4 is 0 Å². The van der Waals surface area contributed by atoms with Crippen LogP contribution < -0.4 is 5.32 Å². The van der Waals surface area contributed by atoms with Crippen LogP contribution in [0.1, 0.15) is 44.6 Å². The van der Waals surface area contributed by atoms with Crippen molar-refractivity contribution in [1.82, 2.24) is 10.2 Å². The molecular weight excluding hydrogens is 232 g/mol. The molecule has 0 aromatic heterocycles. The van der Waals surface area contributed by atoms with Crippen molar-refractivity contribution in [2.45, 2.75) is 45.1 Å². The molecule has 106 valence electrons. The lowest BCUT2D eigenvalue weighted by atomic mass is 9.97. The molecule has 0 radical (unpaired) electrons. The summed E-state index contributed by atoms with van der Waals surface area (Å²) >= 11 is 0. The Labute approximate surface area is 118 Å². The van der Waals surface area contributed by atoms with Gasteiger partial charge in [0.15, 0.2) is 0 Å².